The number of anilines is 2. The van der Waals surface area contributed by atoms with Gasteiger partial charge in [-0.2, -0.15) is 0 Å². The summed E-state index contributed by atoms with van der Waals surface area (Å²) in [7, 11) is 2.31. The predicted octanol–water partition coefficient (Wildman–Crippen LogP) is 1.55. The van der Waals surface area contributed by atoms with Crippen LogP contribution in [0.4, 0.5) is 21.0 Å². The Balaban J connectivity index is 2.48. The summed E-state index contributed by atoms with van der Waals surface area (Å²) < 4.78 is 1.45. The highest BCUT2D eigenvalue weighted by Crippen LogP contribution is 2.26. The van der Waals surface area contributed by atoms with Gasteiger partial charge in [-0.05, 0) is 18.2 Å². The van der Waals surface area contributed by atoms with Gasteiger partial charge in [0.1, 0.15) is 0 Å². The van der Waals surface area contributed by atoms with E-state index in [-0.39, 0.29) is 21.7 Å². The molecular formula is C12H15N7O4S2. The number of benzene rings is 1. The van der Waals surface area contributed by atoms with Gasteiger partial charge in [-0.15, -0.1) is 35.5 Å². The van der Waals surface area contributed by atoms with E-state index in [9.17, 15) is 20.0 Å². The molecule has 25 heavy (non-hydrogen) atoms. The first kappa shape index (κ1) is 18.9. The summed E-state index contributed by atoms with van der Waals surface area (Å²) in [6.07, 6.45) is 0. The molecule has 0 unspecified atom stereocenters. The highest BCUT2D eigenvalue weighted by molar-refractivity contribution is 7.80. The summed E-state index contributed by atoms with van der Waals surface area (Å²) in [5.41, 5.74) is 0.913. The van der Waals surface area contributed by atoms with Crippen LogP contribution in [0.15, 0.2) is 28.5 Å². The molecule has 0 saturated heterocycles. The number of thiol groups is 2. The summed E-state index contributed by atoms with van der Waals surface area (Å²) in [6, 6.07) is 2.89. The van der Waals surface area contributed by atoms with Crippen LogP contribution in [-0.2, 0) is 0 Å². The van der Waals surface area contributed by atoms with Crippen LogP contribution in [0.2, 0.25) is 0 Å². The molecule has 2 aromatic rings. The zero-order valence-corrected chi connectivity index (χ0v) is 14.9. The highest BCUT2D eigenvalue weighted by atomic mass is 32.1. The molecule has 4 N–H and O–H groups in total. The largest absolute Gasteiger partial charge is 0.345 e. The van der Waals surface area contributed by atoms with Crippen LogP contribution in [0.3, 0.4) is 0 Å². The van der Waals surface area contributed by atoms with Gasteiger partial charge < -0.3 is 10.6 Å². The number of carbonyl (C=O) groups excluding carboxylic acids is 2. The van der Waals surface area contributed by atoms with E-state index in [1.807, 2.05) is 0 Å². The lowest BCUT2D eigenvalue weighted by Gasteiger charge is -2.16. The lowest BCUT2D eigenvalue weighted by atomic mass is 10.2. The van der Waals surface area contributed by atoms with Crippen molar-refractivity contribution < 1.29 is 20.0 Å². The zero-order valence-electron chi connectivity index (χ0n) is 13.1. The molecule has 1 aromatic heterocycles. The second-order valence-corrected chi connectivity index (χ2v) is 5.61. The van der Waals surface area contributed by atoms with E-state index in [4.69, 9.17) is 0 Å². The number of urea groups is 2. The Hall–Kier alpha value is -2.48. The molecule has 1 heterocycles. The number of aromatic nitrogens is 3. The van der Waals surface area contributed by atoms with Gasteiger partial charge in [-0.1, -0.05) is 0 Å². The molecule has 0 radical (unpaired) electrons. The molecule has 0 fully saturated rings. The Morgan fingerprint density at radius 1 is 0.960 bits per heavy atom. The summed E-state index contributed by atoms with van der Waals surface area (Å²) in [4.78, 5) is 23.3. The molecule has 0 aliphatic rings. The van der Waals surface area contributed by atoms with Gasteiger partial charge >= 0.3 is 12.1 Å². The molecular weight excluding hydrogens is 370 g/mol. The van der Waals surface area contributed by atoms with E-state index in [0.717, 1.165) is 14.1 Å². The normalized spacial score (nSPS) is 10.3. The number of hydroxylamine groups is 4. The number of carbonyl (C=O) groups is 2. The van der Waals surface area contributed by atoms with E-state index in [1.165, 1.54) is 22.8 Å². The monoisotopic (exact) mass is 385 g/mol. The van der Waals surface area contributed by atoms with Crippen LogP contribution in [0.1, 0.15) is 0 Å². The molecule has 0 saturated carbocycles. The van der Waals surface area contributed by atoms with Crippen molar-refractivity contribution in [3.05, 3.63) is 18.2 Å². The lowest BCUT2D eigenvalue weighted by Crippen LogP contribution is -2.29. The number of nitrogens with one attached hydrogen (secondary N) is 2. The molecule has 1 aromatic carbocycles. The van der Waals surface area contributed by atoms with Gasteiger partial charge in [0, 0.05) is 25.5 Å². The molecule has 0 spiro atoms. The Bertz CT molecular complexity index is 749. The molecule has 0 aliphatic heterocycles. The number of rotatable bonds is 3. The molecule has 0 aliphatic carbocycles. The van der Waals surface area contributed by atoms with Crippen LogP contribution in [0, 0.1) is 0 Å². The SMILES string of the molecule is CN(O)C(=O)Nc1cc(NC(=O)N(C)O)cc(-n2c(S)nnc2S)c1. The molecule has 134 valence electrons. The molecule has 0 bridgehead atoms. The van der Waals surface area contributed by atoms with Crippen molar-refractivity contribution >= 4 is 48.7 Å². The van der Waals surface area contributed by atoms with Gasteiger partial charge in [-0.3, -0.25) is 15.0 Å². The average Bonchev–Trinajstić information content (AvgIpc) is 2.85. The Labute approximate surface area is 153 Å². The first-order valence-electron chi connectivity index (χ1n) is 6.65. The van der Waals surface area contributed by atoms with Gasteiger partial charge in [0.05, 0.1) is 5.69 Å². The number of amides is 4. The third kappa shape index (κ3) is 4.54. The maximum Gasteiger partial charge on any atom is 0.345 e. The van der Waals surface area contributed by atoms with Crippen molar-refractivity contribution in [2.75, 3.05) is 24.7 Å². The fourth-order valence-electron chi connectivity index (χ4n) is 1.79. The quantitative estimate of drug-likeness (QED) is 0.270. The summed E-state index contributed by atoms with van der Waals surface area (Å²) in [6.45, 7) is 0. The fourth-order valence-corrected chi connectivity index (χ4v) is 2.38. The Kier molecular flexibility index (Phi) is 5.73. The van der Waals surface area contributed by atoms with Crippen molar-refractivity contribution in [2.24, 2.45) is 0 Å². The van der Waals surface area contributed by atoms with Crippen LogP contribution >= 0.6 is 25.3 Å². The van der Waals surface area contributed by atoms with Crippen LogP contribution in [-0.4, -0.2) is 61.5 Å². The maximum absolute atomic E-state index is 11.7. The predicted molar refractivity (Wildman–Crippen MR) is 93.0 cm³/mol. The second kappa shape index (κ2) is 7.60. The van der Waals surface area contributed by atoms with E-state index in [0.29, 0.717) is 15.8 Å². The molecule has 13 heteroatoms. The van der Waals surface area contributed by atoms with Gasteiger partial charge in [-0.25, -0.2) is 19.7 Å². The van der Waals surface area contributed by atoms with Gasteiger partial charge in [0.25, 0.3) is 0 Å². The van der Waals surface area contributed by atoms with E-state index in [1.54, 1.807) is 0 Å². The Morgan fingerprint density at radius 2 is 1.36 bits per heavy atom. The minimum Gasteiger partial charge on any atom is -0.306 e. The third-order valence-electron chi connectivity index (χ3n) is 2.90. The lowest BCUT2D eigenvalue weighted by molar-refractivity contribution is -0.0118. The average molecular weight is 385 g/mol. The first-order chi connectivity index (χ1) is 11.7. The van der Waals surface area contributed by atoms with Gasteiger partial charge in [0.15, 0.2) is 10.3 Å². The minimum atomic E-state index is -0.797. The smallest absolute Gasteiger partial charge is 0.306 e. The van der Waals surface area contributed by atoms with Gasteiger partial charge in [0.2, 0.25) is 0 Å². The summed E-state index contributed by atoms with van der Waals surface area (Å²) in [5.74, 6) is 0. The Morgan fingerprint density at radius 3 is 1.72 bits per heavy atom. The van der Waals surface area contributed by atoms with Crippen molar-refractivity contribution in [2.45, 2.75) is 10.3 Å². The summed E-state index contributed by atoms with van der Waals surface area (Å²) in [5, 5.41) is 31.9. The molecule has 2 rings (SSSR count). The number of nitrogens with zero attached hydrogens (tertiary/aromatic N) is 5. The minimum absolute atomic E-state index is 0.226. The fraction of sp³-hybridized carbons (Fsp3) is 0.167. The third-order valence-corrected chi connectivity index (χ3v) is 3.47. The van der Waals surface area contributed by atoms with Crippen molar-refractivity contribution in [1.29, 1.82) is 0 Å². The molecule has 4 amide bonds. The zero-order chi connectivity index (χ0) is 18.7. The van der Waals surface area contributed by atoms with Crippen LogP contribution in [0.25, 0.3) is 5.69 Å². The van der Waals surface area contributed by atoms with Crippen LogP contribution in [0.5, 0.6) is 0 Å². The topological polar surface area (TPSA) is 136 Å². The number of hydrogen-bond acceptors (Lipinski definition) is 8. The van der Waals surface area contributed by atoms with E-state index in [2.05, 4.69) is 46.1 Å². The van der Waals surface area contributed by atoms with E-state index >= 15 is 0 Å². The molecule has 11 nitrogen and oxygen atoms in total. The molecule has 0 atom stereocenters. The maximum atomic E-state index is 11.7. The standard InChI is InChI=1S/C12H15N7O4S2/c1-17(22)9(20)13-6-3-7(14-10(21)18(2)23)5-8(4-6)19-11(24)15-16-12(19)25/h3-5,22-23H,1-2H3,(H,13,20)(H,14,21)(H,15,24)(H,16,25). The van der Waals surface area contributed by atoms with Crippen molar-refractivity contribution in [1.82, 2.24) is 24.9 Å². The first-order valence-corrected chi connectivity index (χ1v) is 7.54. The second-order valence-electron chi connectivity index (χ2n) is 4.81. The van der Waals surface area contributed by atoms with Crippen molar-refractivity contribution in [3.63, 3.8) is 0 Å². The highest BCUT2D eigenvalue weighted by Gasteiger charge is 2.14. The van der Waals surface area contributed by atoms with Crippen molar-refractivity contribution in [3.8, 4) is 5.69 Å². The van der Waals surface area contributed by atoms with E-state index < -0.39 is 12.1 Å². The number of hydrogen-bond donors (Lipinski definition) is 6. The van der Waals surface area contributed by atoms with Crippen LogP contribution < -0.4 is 10.6 Å². The summed E-state index contributed by atoms with van der Waals surface area (Å²) >= 11 is 8.35.